The van der Waals surface area contributed by atoms with Gasteiger partial charge in [0.2, 0.25) is 5.91 Å². The van der Waals surface area contributed by atoms with Crippen molar-refractivity contribution < 1.29 is 4.79 Å². The van der Waals surface area contributed by atoms with Gasteiger partial charge in [0, 0.05) is 11.9 Å². The summed E-state index contributed by atoms with van der Waals surface area (Å²) < 4.78 is 0. The van der Waals surface area contributed by atoms with Crippen molar-refractivity contribution in [3.63, 3.8) is 0 Å². The molecule has 6 heteroatoms. The monoisotopic (exact) mass is 219 g/mol. The molecule has 2 heterocycles. The zero-order valence-electron chi connectivity index (χ0n) is 6.77. The third-order valence-electron chi connectivity index (χ3n) is 1.83. The maximum Gasteiger partial charge on any atom is 0.250 e. The molecule has 2 aliphatic rings. The van der Waals surface area contributed by atoms with Crippen LogP contribution in [0.4, 0.5) is 0 Å². The third kappa shape index (κ3) is 1.97. The van der Waals surface area contributed by atoms with Crippen molar-refractivity contribution in [2.45, 2.75) is 10.6 Å². The number of fused-ring (bicyclic) bond motifs is 1. The molecule has 1 fully saturated rings. The zero-order valence-corrected chi connectivity index (χ0v) is 8.40. The van der Waals surface area contributed by atoms with Crippen molar-refractivity contribution in [3.05, 3.63) is 11.8 Å². The number of thioether (sulfide) groups is 1. The van der Waals surface area contributed by atoms with Crippen LogP contribution in [0.25, 0.3) is 0 Å². The lowest BCUT2D eigenvalue weighted by atomic mass is 10.2. The normalized spacial score (nSPS) is 29.7. The van der Waals surface area contributed by atoms with Gasteiger partial charge in [-0.15, -0.1) is 24.2 Å². The molecule has 2 unspecified atom stereocenters. The Kier molecular flexibility index (Phi) is 3.22. The predicted molar refractivity (Wildman–Crippen MR) is 56.2 cm³/mol. The number of dihydropyridines is 1. The molecule has 4 nitrogen and oxygen atoms in total. The second kappa shape index (κ2) is 4.02. The second-order valence-corrected chi connectivity index (χ2v) is 4.00. The fourth-order valence-electron chi connectivity index (χ4n) is 1.24. The van der Waals surface area contributed by atoms with E-state index >= 15 is 0 Å². The Balaban J connectivity index is 0.000000845. The summed E-state index contributed by atoms with van der Waals surface area (Å²) in [5, 5.41) is 3.07. The molecule has 2 aliphatic heterocycles. The molecule has 0 aromatic carbocycles. The SMILES string of the molecule is Cl.NC(=O)C1NC2=CC=NCC2S1. The van der Waals surface area contributed by atoms with Crippen molar-refractivity contribution in [2.24, 2.45) is 10.7 Å². The minimum atomic E-state index is -0.310. The van der Waals surface area contributed by atoms with Gasteiger partial charge in [-0.2, -0.15) is 0 Å². The molecule has 1 saturated heterocycles. The highest BCUT2D eigenvalue weighted by atomic mass is 35.5. The van der Waals surface area contributed by atoms with Crippen LogP contribution < -0.4 is 11.1 Å². The number of primary amides is 1. The average molecular weight is 220 g/mol. The first-order valence-corrected chi connectivity index (χ1v) is 4.63. The standard InChI is InChI=1S/C7H9N3OS.ClH/c8-6(11)7-10-4-1-2-9-3-5(4)12-7;/h1-2,5,7,10H,3H2,(H2,8,11);1H. The first kappa shape index (κ1) is 10.4. The number of amides is 1. The van der Waals surface area contributed by atoms with E-state index in [4.69, 9.17) is 5.73 Å². The molecule has 0 aromatic heterocycles. The van der Waals surface area contributed by atoms with Gasteiger partial charge in [0.25, 0.3) is 0 Å². The van der Waals surface area contributed by atoms with E-state index in [9.17, 15) is 4.79 Å². The van der Waals surface area contributed by atoms with Crippen LogP contribution in [0.15, 0.2) is 16.8 Å². The molecule has 0 radical (unpaired) electrons. The number of nitrogens with two attached hydrogens (primary N) is 1. The molecule has 0 aliphatic carbocycles. The molecule has 0 saturated carbocycles. The van der Waals surface area contributed by atoms with E-state index in [2.05, 4.69) is 10.3 Å². The Bertz CT molecular complexity index is 279. The Morgan fingerprint density at radius 1 is 1.77 bits per heavy atom. The topological polar surface area (TPSA) is 67.5 Å². The molecule has 0 aromatic rings. The number of nitrogens with one attached hydrogen (secondary N) is 1. The molecule has 2 atom stereocenters. The zero-order chi connectivity index (χ0) is 8.55. The number of hydrogen-bond donors (Lipinski definition) is 2. The second-order valence-electron chi connectivity index (χ2n) is 2.69. The summed E-state index contributed by atoms with van der Waals surface area (Å²) in [7, 11) is 0. The lowest BCUT2D eigenvalue weighted by Gasteiger charge is -2.08. The first-order chi connectivity index (χ1) is 5.77. The number of carbonyl (C=O) groups excluding carboxylic acids is 1. The van der Waals surface area contributed by atoms with Crippen molar-refractivity contribution in [3.8, 4) is 0 Å². The summed E-state index contributed by atoms with van der Waals surface area (Å²) in [6, 6.07) is 0. The predicted octanol–water partition coefficient (Wildman–Crippen LogP) is -0.107. The molecular weight excluding hydrogens is 210 g/mol. The van der Waals surface area contributed by atoms with E-state index in [1.165, 1.54) is 11.8 Å². The first-order valence-electron chi connectivity index (χ1n) is 3.68. The van der Waals surface area contributed by atoms with Crippen LogP contribution in [0.2, 0.25) is 0 Å². The molecule has 0 spiro atoms. The lowest BCUT2D eigenvalue weighted by Crippen LogP contribution is -2.33. The fraction of sp³-hybridized carbons (Fsp3) is 0.429. The number of carbonyl (C=O) groups is 1. The molecule has 2 rings (SSSR count). The molecule has 13 heavy (non-hydrogen) atoms. The van der Waals surface area contributed by atoms with Crippen LogP contribution in [0.5, 0.6) is 0 Å². The van der Waals surface area contributed by atoms with E-state index in [1.807, 2.05) is 6.08 Å². The summed E-state index contributed by atoms with van der Waals surface area (Å²) in [5.41, 5.74) is 6.23. The van der Waals surface area contributed by atoms with Crippen molar-refractivity contribution in [1.82, 2.24) is 5.32 Å². The van der Waals surface area contributed by atoms with Gasteiger partial charge in [-0.1, -0.05) is 0 Å². The number of allylic oxidation sites excluding steroid dienone is 1. The Morgan fingerprint density at radius 3 is 3.15 bits per heavy atom. The van der Waals surface area contributed by atoms with Crippen molar-refractivity contribution in [1.29, 1.82) is 0 Å². The van der Waals surface area contributed by atoms with Crippen molar-refractivity contribution >= 4 is 36.3 Å². The van der Waals surface area contributed by atoms with Crippen LogP contribution in [-0.4, -0.2) is 29.3 Å². The van der Waals surface area contributed by atoms with Gasteiger partial charge in [-0.25, -0.2) is 0 Å². The summed E-state index contributed by atoms with van der Waals surface area (Å²) in [4.78, 5) is 14.9. The molecule has 72 valence electrons. The van der Waals surface area contributed by atoms with Crippen LogP contribution in [0.3, 0.4) is 0 Å². The maximum absolute atomic E-state index is 10.8. The third-order valence-corrected chi connectivity index (χ3v) is 3.19. The average Bonchev–Trinajstić information content (AvgIpc) is 2.46. The van der Waals surface area contributed by atoms with Crippen LogP contribution >= 0.6 is 24.2 Å². The molecule has 0 bridgehead atoms. The van der Waals surface area contributed by atoms with E-state index < -0.39 is 0 Å². The number of aliphatic imine (C=N–C) groups is 1. The summed E-state index contributed by atoms with van der Waals surface area (Å²) in [5.74, 6) is -0.310. The van der Waals surface area contributed by atoms with Crippen molar-refractivity contribution in [2.75, 3.05) is 6.54 Å². The van der Waals surface area contributed by atoms with Gasteiger partial charge in [-0.3, -0.25) is 9.79 Å². The van der Waals surface area contributed by atoms with E-state index in [0.29, 0.717) is 5.25 Å². The Labute approximate surface area is 86.5 Å². The highest BCUT2D eigenvalue weighted by molar-refractivity contribution is 8.01. The largest absolute Gasteiger partial charge is 0.368 e. The number of hydrogen-bond acceptors (Lipinski definition) is 4. The minimum Gasteiger partial charge on any atom is -0.368 e. The van der Waals surface area contributed by atoms with Gasteiger partial charge < -0.3 is 11.1 Å². The van der Waals surface area contributed by atoms with Gasteiger partial charge >= 0.3 is 0 Å². The van der Waals surface area contributed by atoms with Gasteiger partial charge in [-0.05, 0) is 6.08 Å². The van der Waals surface area contributed by atoms with Crippen LogP contribution in [0.1, 0.15) is 0 Å². The maximum atomic E-state index is 10.8. The Hall–Kier alpha value is -0.680. The number of rotatable bonds is 1. The van der Waals surface area contributed by atoms with Crippen LogP contribution in [0, 0.1) is 0 Å². The fourth-order valence-corrected chi connectivity index (χ4v) is 2.37. The van der Waals surface area contributed by atoms with Crippen LogP contribution in [-0.2, 0) is 4.79 Å². The van der Waals surface area contributed by atoms with Gasteiger partial charge in [0.15, 0.2) is 5.37 Å². The van der Waals surface area contributed by atoms with E-state index in [0.717, 1.165) is 12.2 Å². The number of nitrogens with zero attached hydrogens (tertiary/aromatic N) is 1. The number of halogens is 1. The van der Waals surface area contributed by atoms with Gasteiger partial charge in [0.05, 0.1) is 11.8 Å². The summed E-state index contributed by atoms with van der Waals surface area (Å²) in [6.07, 6.45) is 3.65. The van der Waals surface area contributed by atoms with Gasteiger partial charge in [0.1, 0.15) is 0 Å². The molecule has 3 N–H and O–H groups in total. The lowest BCUT2D eigenvalue weighted by molar-refractivity contribution is -0.117. The van der Waals surface area contributed by atoms with E-state index in [1.54, 1.807) is 6.21 Å². The molecular formula is C7H10ClN3OS. The quantitative estimate of drug-likeness (QED) is 0.647. The highest BCUT2D eigenvalue weighted by Crippen LogP contribution is 2.30. The summed E-state index contributed by atoms with van der Waals surface area (Å²) >= 11 is 1.53. The summed E-state index contributed by atoms with van der Waals surface area (Å²) in [6.45, 7) is 0.743. The minimum absolute atomic E-state index is 0. The molecule has 1 amide bonds. The Morgan fingerprint density at radius 2 is 2.54 bits per heavy atom. The smallest absolute Gasteiger partial charge is 0.250 e. The highest BCUT2D eigenvalue weighted by Gasteiger charge is 2.32. The van der Waals surface area contributed by atoms with E-state index in [-0.39, 0.29) is 23.7 Å².